The molecule has 0 aliphatic carbocycles. The zero-order chi connectivity index (χ0) is 13.9. The van der Waals surface area contributed by atoms with E-state index < -0.39 is 5.82 Å². The highest BCUT2D eigenvalue weighted by molar-refractivity contribution is 5.38. The van der Waals surface area contributed by atoms with Gasteiger partial charge in [0, 0.05) is 6.61 Å². The molecule has 19 heavy (non-hydrogen) atoms. The minimum atomic E-state index is -0.393. The lowest BCUT2D eigenvalue weighted by Crippen LogP contribution is -2.05. The van der Waals surface area contributed by atoms with Crippen molar-refractivity contribution in [2.75, 3.05) is 26.4 Å². The van der Waals surface area contributed by atoms with Crippen molar-refractivity contribution in [3.05, 3.63) is 35.1 Å². The molecule has 0 atom stereocenters. The highest BCUT2D eigenvalue weighted by atomic mass is 19.1. The fraction of sp³-hybridized carbons (Fsp3) is 0.467. The Kier molecular flexibility index (Phi) is 7.83. The zero-order valence-corrected chi connectivity index (χ0v) is 11.1. The van der Waals surface area contributed by atoms with Crippen LogP contribution in [-0.2, 0) is 16.1 Å². The molecular formula is C15H19FO3. The van der Waals surface area contributed by atoms with Crippen LogP contribution in [0.4, 0.5) is 4.39 Å². The van der Waals surface area contributed by atoms with E-state index in [-0.39, 0.29) is 12.2 Å². The van der Waals surface area contributed by atoms with E-state index in [1.165, 1.54) is 6.07 Å². The summed E-state index contributed by atoms with van der Waals surface area (Å²) in [5, 5.41) is 8.60. The molecule has 0 fully saturated rings. The summed E-state index contributed by atoms with van der Waals surface area (Å²) in [5.74, 6) is 4.60. The Hall–Kier alpha value is -1.41. The van der Waals surface area contributed by atoms with Gasteiger partial charge in [0.25, 0.3) is 0 Å². The first kappa shape index (κ1) is 15.6. The molecule has 0 aliphatic rings. The zero-order valence-electron chi connectivity index (χ0n) is 11.1. The predicted molar refractivity (Wildman–Crippen MR) is 71.1 cm³/mol. The minimum absolute atomic E-state index is 0.275. The van der Waals surface area contributed by atoms with E-state index in [0.717, 1.165) is 18.6 Å². The number of hydrogen-bond donors (Lipinski definition) is 1. The second-order valence-corrected chi connectivity index (χ2v) is 3.94. The Morgan fingerprint density at radius 1 is 1.21 bits per heavy atom. The summed E-state index contributed by atoms with van der Waals surface area (Å²) < 4.78 is 24.1. The van der Waals surface area contributed by atoms with Crippen LogP contribution in [0.15, 0.2) is 18.2 Å². The smallest absolute Gasteiger partial charge is 0.138 e. The number of halogens is 1. The second-order valence-electron chi connectivity index (χ2n) is 3.94. The molecule has 1 aromatic rings. The number of benzene rings is 1. The number of rotatable bonds is 7. The van der Waals surface area contributed by atoms with Crippen LogP contribution in [0.2, 0.25) is 0 Å². The van der Waals surface area contributed by atoms with E-state index in [4.69, 9.17) is 14.6 Å². The molecule has 0 saturated carbocycles. The fourth-order valence-corrected chi connectivity index (χ4v) is 1.45. The summed E-state index contributed by atoms with van der Waals surface area (Å²) in [4.78, 5) is 0. The van der Waals surface area contributed by atoms with Crippen molar-refractivity contribution in [3.8, 4) is 11.8 Å². The van der Waals surface area contributed by atoms with Gasteiger partial charge >= 0.3 is 0 Å². The molecule has 0 bridgehead atoms. The maximum atomic E-state index is 13.4. The van der Waals surface area contributed by atoms with Gasteiger partial charge in [-0.15, -0.1) is 0 Å². The molecule has 104 valence electrons. The average molecular weight is 266 g/mol. The van der Waals surface area contributed by atoms with Gasteiger partial charge in [-0.2, -0.15) is 0 Å². The van der Waals surface area contributed by atoms with Crippen molar-refractivity contribution in [1.82, 2.24) is 0 Å². The van der Waals surface area contributed by atoms with Crippen molar-refractivity contribution in [2.24, 2.45) is 0 Å². The third-order valence-electron chi connectivity index (χ3n) is 2.32. The van der Waals surface area contributed by atoms with Gasteiger partial charge in [-0.25, -0.2) is 4.39 Å². The normalized spacial score (nSPS) is 10.1. The summed E-state index contributed by atoms with van der Waals surface area (Å²) in [6, 6.07) is 4.64. The number of aliphatic hydroxyl groups is 1. The molecule has 0 amide bonds. The molecule has 1 rings (SSSR count). The summed E-state index contributed by atoms with van der Waals surface area (Å²) in [7, 11) is 0. The van der Waals surface area contributed by atoms with Gasteiger partial charge < -0.3 is 14.6 Å². The third kappa shape index (κ3) is 6.35. The van der Waals surface area contributed by atoms with Crippen molar-refractivity contribution in [3.63, 3.8) is 0 Å². The van der Waals surface area contributed by atoms with E-state index in [1.54, 1.807) is 12.1 Å². The topological polar surface area (TPSA) is 38.7 Å². The van der Waals surface area contributed by atoms with Crippen LogP contribution in [0, 0.1) is 17.7 Å². The van der Waals surface area contributed by atoms with Crippen molar-refractivity contribution in [1.29, 1.82) is 0 Å². The monoisotopic (exact) mass is 266 g/mol. The summed E-state index contributed by atoms with van der Waals surface area (Å²) in [5.41, 5.74) is 1.12. The Balaban J connectivity index is 2.42. The van der Waals surface area contributed by atoms with Crippen LogP contribution < -0.4 is 0 Å². The van der Waals surface area contributed by atoms with Gasteiger partial charge in [0.15, 0.2) is 0 Å². The lowest BCUT2D eigenvalue weighted by molar-refractivity contribution is 0.0408. The molecule has 3 nitrogen and oxygen atoms in total. The molecule has 1 N–H and O–H groups in total. The molecule has 0 radical (unpaired) electrons. The van der Waals surface area contributed by atoms with Crippen molar-refractivity contribution < 1.29 is 19.0 Å². The van der Waals surface area contributed by atoms with Crippen LogP contribution in [0.3, 0.4) is 0 Å². The minimum Gasteiger partial charge on any atom is -0.384 e. The van der Waals surface area contributed by atoms with E-state index in [1.807, 2.05) is 6.92 Å². The molecule has 0 aliphatic heterocycles. The maximum Gasteiger partial charge on any atom is 0.138 e. The molecular weight excluding hydrogens is 247 g/mol. The highest BCUT2D eigenvalue weighted by Gasteiger charge is 2.01. The van der Waals surface area contributed by atoms with Crippen LogP contribution in [-0.4, -0.2) is 31.5 Å². The van der Waals surface area contributed by atoms with E-state index >= 15 is 0 Å². The molecule has 0 unspecified atom stereocenters. The van der Waals surface area contributed by atoms with E-state index in [0.29, 0.717) is 19.8 Å². The van der Waals surface area contributed by atoms with Gasteiger partial charge in [0.2, 0.25) is 0 Å². The SMILES string of the molecule is CCCOCCOCc1ccc(F)c(C#CCO)c1. The van der Waals surface area contributed by atoms with E-state index in [9.17, 15) is 4.39 Å². The molecule has 0 aromatic heterocycles. The van der Waals surface area contributed by atoms with Crippen molar-refractivity contribution in [2.45, 2.75) is 20.0 Å². The standard InChI is InChI=1S/C15H19FO3/c1-2-8-18-9-10-19-12-13-5-6-15(16)14(11-13)4-3-7-17/h5-6,11,17H,2,7-10,12H2,1H3. The highest BCUT2D eigenvalue weighted by Crippen LogP contribution is 2.10. The van der Waals surface area contributed by atoms with E-state index in [2.05, 4.69) is 11.8 Å². The molecule has 0 saturated heterocycles. The lowest BCUT2D eigenvalue weighted by Gasteiger charge is -2.06. The first-order valence-electron chi connectivity index (χ1n) is 6.31. The van der Waals surface area contributed by atoms with Crippen LogP contribution in [0.5, 0.6) is 0 Å². The summed E-state index contributed by atoms with van der Waals surface area (Å²) in [6.45, 7) is 3.97. The Morgan fingerprint density at radius 2 is 2.00 bits per heavy atom. The van der Waals surface area contributed by atoms with Crippen molar-refractivity contribution >= 4 is 0 Å². The predicted octanol–water partition coefficient (Wildman–Crippen LogP) is 2.11. The number of aliphatic hydroxyl groups excluding tert-OH is 1. The summed E-state index contributed by atoms with van der Waals surface area (Å²) in [6.07, 6.45) is 0.991. The molecule has 0 spiro atoms. The molecule has 4 heteroatoms. The average Bonchev–Trinajstić information content (AvgIpc) is 2.43. The first-order chi connectivity index (χ1) is 9.27. The Bertz CT molecular complexity index is 435. The fourth-order valence-electron chi connectivity index (χ4n) is 1.45. The molecule has 0 heterocycles. The molecule has 1 aromatic carbocycles. The Morgan fingerprint density at radius 3 is 2.74 bits per heavy atom. The first-order valence-corrected chi connectivity index (χ1v) is 6.31. The van der Waals surface area contributed by atoms with Gasteiger partial charge in [-0.3, -0.25) is 0 Å². The van der Waals surface area contributed by atoms with Gasteiger partial charge in [0.05, 0.1) is 25.4 Å². The third-order valence-corrected chi connectivity index (χ3v) is 2.32. The second kappa shape index (κ2) is 9.51. The van der Waals surface area contributed by atoms with Gasteiger partial charge in [0.1, 0.15) is 12.4 Å². The number of ether oxygens (including phenoxy) is 2. The Labute approximate surface area is 113 Å². The van der Waals surface area contributed by atoms with Gasteiger partial charge in [-0.05, 0) is 24.1 Å². The van der Waals surface area contributed by atoms with Crippen LogP contribution >= 0.6 is 0 Å². The largest absolute Gasteiger partial charge is 0.384 e. The maximum absolute atomic E-state index is 13.4. The quantitative estimate of drug-likeness (QED) is 0.607. The summed E-state index contributed by atoms with van der Waals surface area (Å²) >= 11 is 0. The van der Waals surface area contributed by atoms with Crippen LogP contribution in [0.25, 0.3) is 0 Å². The van der Waals surface area contributed by atoms with Gasteiger partial charge in [-0.1, -0.05) is 24.8 Å². The number of hydrogen-bond acceptors (Lipinski definition) is 3. The lowest BCUT2D eigenvalue weighted by atomic mass is 10.1. The van der Waals surface area contributed by atoms with Crippen LogP contribution in [0.1, 0.15) is 24.5 Å².